The second-order valence-corrected chi connectivity index (χ2v) is 15.0. The molecule has 44 heavy (non-hydrogen) atoms. The van der Waals surface area contributed by atoms with Crippen molar-refractivity contribution < 1.29 is 0 Å². The SMILES string of the molecule is CC1=C(C)C(C)C(/C=C/c2c(Cl)c(Cl)c([C](c3c(Cl)c(Cl)c(Cl)c(Cl)c3Cl)c3c(Cl)c(Cl)c(Cl)c(Cl)c3Cl)c(Cl)c2Cl)=C1C. The van der Waals surface area contributed by atoms with Crippen molar-refractivity contribution >= 4 is 168 Å². The van der Waals surface area contributed by atoms with Gasteiger partial charge in [-0.15, -0.1) is 0 Å². The molecular formula is C30H15Cl14. The summed E-state index contributed by atoms with van der Waals surface area (Å²) in [6.07, 6.45) is 3.68. The van der Waals surface area contributed by atoms with Gasteiger partial charge >= 0.3 is 0 Å². The lowest BCUT2D eigenvalue weighted by atomic mass is 9.84. The Hall–Kier alpha value is 0.940. The van der Waals surface area contributed by atoms with Crippen LogP contribution in [-0.2, 0) is 0 Å². The molecule has 4 rings (SSSR count). The summed E-state index contributed by atoms with van der Waals surface area (Å²) in [5, 5.41) is -1.34. The average Bonchev–Trinajstić information content (AvgIpc) is 3.17. The van der Waals surface area contributed by atoms with Crippen LogP contribution in [0.5, 0.6) is 0 Å². The largest absolute Gasteiger partial charge is 0.0823 e. The molecule has 233 valence electrons. The third-order valence-corrected chi connectivity index (χ3v) is 13.9. The molecule has 0 heterocycles. The number of rotatable bonds is 5. The molecule has 0 nitrogen and oxygen atoms in total. The predicted molar refractivity (Wildman–Crippen MR) is 199 cm³/mol. The van der Waals surface area contributed by atoms with Crippen LogP contribution in [0.2, 0.25) is 70.3 Å². The highest BCUT2D eigenvalue weighted by Gasteiger charge is 2.38. The molecular weight excluding hydrogens is 857 g/mol. The summed E-state index contributed by atoms with van der Waals surface area (Å²) in [7, 11) is 0. The normalized spacial score (nSPS) is 15.7. The van der Waals surface area contributed by atoms with E-state index in [1.807, 2.05) is 6.08 Å². The van der Waals surface area contributed by atoms with Crippen molar-refractivity contribution in [2.75, 3.05) is 0 Å². The molecule has 0 aromatic heterocycles. The van der Waals surface area contributed by atoms with Crippen molar-refractivity contribution in [3.05, 3.63) is 127 Å². The lowest BCUT2D eigenvalue weighted by molar-refractivity contribution is 0.838. The first-order valence-corrected chi connectivity index (χ1v) is 17.5. The van der Waals surface area contributed by atoms with Gasteiger partial charge in [0.05, 0.1) is 76.2 Å². The minimum absolute atomic E-state index is 0.00341. The molecule has 14 heteroatoms. The van der Waals surface area contributed by atoms with E-state index in [0.717, 1.165) is 11.1 Å². The van der Waals surface area contributed by atoms with Gasteiger partial charge in [-0.2, -0.15) is 0 Å². The molecule has 0 saturated carbocycles. The van der Waals surface area contributed by atoms with Gasteiger partial charge < -0.3 is 0 Å². The van der Waals surface area contributed by atoms with Crippen LogP contribution >= 0.6 is 162 Å². The molecule has 1 aliphatic carbocycles. The molecule has 0 bridgehead atoms. The molecule has 0 spiro atoms. The molecule has 0 saturated heterocycles. The van der Waals surface area contributed by atoms with Gasteiger partial charge in [-0.3, -0.25) is 0 Å². The van der Waals surface area contributed by atoms with E-state index < -0.39 is 0 Å². The first-order valence-electron chi connectivity index (χ1n) is 12.2. The fourth-order valence-corrected chi connectivity index (χ4v) is 8.71. The minimum Gasteiger partial charge on any atom is -0.0823 e. The smallest absolute Gasteiger partial charge is 0.0809 e. The first kappa shape index (κ1) is 37.8. The maximum atomic E-state index is 6.99. The Kier molecular flexibility index (Phi) is 12.4. The van der Waals surface area contributed by atoms with E-state index in [1.54, 1.807) is 6.08 Å². The van der Waals surface area contributed by atoms with Gasteiger partial charge in [0.2, 0.25) is 0 Å². The van der Waals surface area contributed by atoms with Crippen molar-refractivity contribution in [2.45, 2.75) is 27.7 Å². The van der Waals surface area contributed by atoms with E-state index in [-0.39, 0.29) is 98.8 Å². The lowest BCUT2D eigenvalue weighted by Gasteiger charge is -2.28. The first-order chi connectivity index (χ1) is 20.4. The van der Waals surface area contributed by atoms with Gasteiger partial charge in [0.25, 0.3) is 0 Å². The Morgan fingerprint density at radius 1 is 0.409 bits per heavy atom. The van der Waals surface area contributed by atoms with Crippen LogP contribution in [0.4, 0.5) is 0 Å². The van der Waals surface area contributed by atoms with Crippen LogP contribution < -0.4 is 0 Å². The molecule has 0 amide bonds. The van der Waals surface area contributed by atoms with Crippen LogP contribution in [0.25, 0.3) is 6.08 Å². The van der Waals surface area contributed by atoms with Gasteiger partial charge in [-0.1, -0.05) is 187 Å². The zero-order valence-corrected chi connectivity index (χ0v) is 33.1. The van der Waals surface area contributed by atoms with Crippen molar-refractivity contribution in [1.82, 2.24) is 0 Å². The summed E-state index contributed by atoms with van der Waals surface area (Å²) < 4.78 is 0. The van der Waals surface area contributed by atoms with Crippen LogP contribution in [0.1, 0.15) is 49.9 Å². The number of allylic oxidation sites excluding steroid dienone is 5. The quantitative estimate of drug-likeness (QED) is 0.136. The Labute approximate surface area is 325 Å². The van der Waals surface area contributed by atoms with Crippen LogP contribution in [0.3, 0.4) is 0 Å². The number of benzene rings is 3. The van der Waals surface area contributed by atoms with Crippen LogP contribution in [0.15, 0.2) is 28.4 Å². The third-order valence-electron chi connectivity index (χ3n) is 7.60. The monoisotopic (exact) mass is 865 g/mol. The van der Waals surface area contributed by atoms with Crippen molar-refractivity contribution in [2.24, 2.45) is 5.92 Å². The molecule has 1 radical (unpaired) electrons. The van der Waals surface area contributed by atoms with Gasteiger partial charge in [-0.25, -0.2) is 0 Å². The molecule has 0 fully saturated rings. The van der Waals surface area contributed by atoms with E-state index in [0.29, 0.717) is 5.56 Å². The standard InChI is InChI=1S/C30H15Cl14/c1-7-8(2)10(4)11(9(7)3)5-6-12-17(31)19(33)14(20(34)18(12)32)13(15-21(35)25(39)29(43)26(40)22(15)36)16-23(37)27(41)30(44)28(42)24(16)38/h5-6,9H,1-4H3/b6-5+. The Balaban J connectivity index is 2.12. The topological polar surface area (TPSA) is 0 Å². The molecule has 0 aliphatic heterocycles. The number of halogens is 14. The molecule has 3 aromatic carbocycles. The highest BCUT2D eigenvalue weighted by atomic mass is 35.5. The third kappa shape index (κ3) is 6.25. The summed E-state index contributed by atoms with van der Waals surface area (Å²) in [4.78, 5) is 0. The summed E-state index contributed by atoms with van der Waals surface area (Å²) >= 11 is 93.2. The zero-order chi connectivity index (χ0) is 33.3. The number of hydrogen-bond donors (Lipinski definition) is 0. The maximum Gasteiger partial charge on any atom is 0.0809 e. The second-order valence-electron chi connectivity index (χ2n) is 9.75. The molecule has 3 aromatic rings. The fraction of sp³-hybridized carbons (Fsp3) is 0.167. The maximum absolute atomic E-state index is 6.99. The van der Waals surface area contributed by atoms with E-state index in [1.165, 1.54) is 11.1 Å². The second kappa shape index (κ2) is 14.4. The van der Waals surface area contributed by atoms with E-state index in [2.05, 4.69) is 27.7 Å². The Bertz CT molecular complexity index is 1690. The highest BCUT2D eigenvalue weighted by Crippen LogP contribution is 2.58. The lowest BCUT2D eigenvalue weighted by Crippen LogP contribution is -2.12. The fourth-order valence-electron chi connectivity index (χ4n) is 4.88. The van der Waals surface area contributed by atoms with E-state index >= 15 is 0 Å². The summed E-state index contributed by atoms with van der Waals surface area (Å²) in [5.74, 6) is 0.199. The zero-order valence-electron chi connectivity index (χ0n) is 22.5. The minimum atomic E-state index is -0.144. The molecule has 1 aliphatic rings. The van der Waals surface area contributed by atoms with Gasteiger partial charge in [0.15, 0.2) is 0 Å². The van der Waals surface area contributed by atoms with E-state index in [9.17, 15) is 0 Å². The van der Waals surface area contributed by atoms with Crippen LogP contribution in [0, 0.1) is 11.8 Å². The number of hydrogen-bond acceptors (Lipinski definition) is 0. The Morgan fingerprint density at radius 2 is 0.705 bits per heavy atom. The van der Waals surface area contributed by atoms with Crippen molar-refractivity contribution in [1.29, 1.82) is 0 Å². The van der Waals surface area contributed by atoms with Gasteiger partial charge in [-0.05, 0) is 37.5 Å². The molecule has 0 N–H and O–H groups in total. The van der Waals surface area contributed by atoms with E-state index in [4.69, 9.17) is 162 Å². The summed E-state index contributed by atoms with van der Waals surface area (Å²) in [6, 6.07) is 0. The van der Waals surface area contributed by atoms with Crippen LogP contribution in [-0.4, -0.2) is 0 Å². The Morgan fingerprint density at radius 3 is 1.00 bits per heavy atom. The highest BCUT2D eigenvalue weighted by molar-refractivity contribution is 6.57. The summed E-state index contributed by atoms with van der Waals surface area (Å²) in [5.41, 5.74) is 5.11. The van der Waals surface area contributed by atoms with Crippen molar-refractivity contribution in [3.8, 4) is 0 Å². The van der Waals surface area contributed by atoms with Crippen molar-refractivity contribution in [3.63, 3.8) is 0 Å². The molecule has 1 unspecified atom stereocenters. The van der Waals surface area contributed by atoms with Gasteiger partial charge in [0.1, 0.15) is 0 Å². The van der Waals surface area contributed by atoms with Gasteiger partial charge in [0, 0.05) is 28.2 Å². The molecule has 1 atom stereocenters. The predicted octanol–water partition coefficient (Wildman–Crippen LogP) is 17.2. The average molecular weight is 872 g/mol. The summed E-state index contributed by atoms with van der Waals surface area (Å²) in [6.45, 7) is 8.36.